The molecule has 0 aromatic carbocycles. The molecule has 74 valence electrons. The Kier molecular flexibility index (Phi) is 2.39. The van der Waals surface area contributed by atoms with E-state index in [9.17, 15) is 0 Å². The zero-order valence-electron chi connectivity index (χ0n) is 7.54. The van der Waals surface area contributed by atoms with Crippen molar-refractivity contribution in [3.63, 3.8) is 0 Å². The lowest BCUT2D eigenvalue weighted by Gasteiger charge is -2.05. The van der Waals surface area contributed by atoms with E-state index in [1.807, 2.05) is 11.3 Å². The summed E-state index contributed by atoms with van der Waals surface area (Å²) in [5.74, 6) is 0. The molecule has 1 unspecified atom stereocenters. The minimum absolute atomic E-state index is 0.0977. The molecule has 0 bridgehead atoms. The highest BCUT2D eigenvalue weighted by Gasteiger charge is 2.10. The van der Waals surface area contributed by atoms with Crippen LogP contribution in [-0.4, -0.2) is 9.38 Å². The molecule has 2 aromatic rings. The van der Waals surface area contributed by atoms with Gasteiger partial charge in [-0.3, -0.25) is 4.40 Å². The number of pyridine rings is 1. The standard InChI is InChI=1S/C9H9Cl2N3/c1-5(12)8-3-13-9-7(11)2-6(10)4-14(8)9/h2-5H,12H2,1H3. The monoisotopic (exact) mass is 229 g/mol. The van der Waals surface area contributed by atoms with E-state index < -0.39 is 0 Å². The minimum atomic E-state index is -0.0977. The second kappa shape index (κ2) is 3.42. The highest BCUT2D eigenvalue weighted by atomic mass is 35.5. The number of halogens is 2. The Morgan fingerprint density at radius 3 is 2.86 bits per heavy atom. The summed E-state index contributed by atoms with van der Waals surface area (Å²) in [4.78, 5) is 4.17. The van der Waals surface area contributed by atoms with Crippen LogP contribution in [0.1, 0.15) is 18.7 Å². The number of hydrogen-bond donors (Lipinski definition) is 1. The van der Waals surface area contributed by atoms with Gasteiger partial charge in [-0.25, -0.2) is 4.98 Å². The molecule has 0 amide bonds. The lowest BCUT2D eigenvalue weighted by Crippen LogP contribution is -2.07. The molecule has 2 N–H and O–H groups in total. The molecular formula is C9H9Cl2N3. The van der Waals surface area contributed by atoms with Crippen LogP contribution in [0.5, 0.6) is 0 Å². The van der Waals surface area contributed by atoms with Crippen molar-refractivity contribution in [3.05, 3.63) is 34.2 Å². The first-order chi connectivity index (χ1) is 6.59. The van der Waals surface area contributed by atoms with Crippen molar-refractivity contribution >= 4 is 28.8 Å². The van der Waals surface area contributed by atoms with E-state index in [1.54, 1.807) is 18.5 Å². The van der Waals surface area contributed by atoms with E-state index >= 15 is 0 Å². The van der Waals surface area contributed by atoms with Crippen LogP contribution >= 0.6 is 23.2 Å². The summed E-state index contributed by atoms with van der Waals surface area (Å²) in [5, 5.41) is 1.10. The molecule has 0 aliphatic heterocycles. The first-order valence-corrected chi connectivity index (χ1v) is 4.93. The predicted octanol–water partition coefficient (Wildman–Crippen LogP) is 2.66. The van der Waals surface area contributed by atoms with Crippen LogP contribution in [-0.2, 0) is 0 Å². The molecule has 3 nitrogen and oxygen atoms in total. The van der Waals surface area contributed by atoms with Gasteiger partial charge in [-0.1, -0.05) is 23.2 Å². The fourth-order valence-electron chi connectivity index (χ4n) is 1.37. The molecule has 1 atom stereocenters. The Morgan fingerprint density at radius 1 is 1.50 bits per heavy atom. The second-order valence-corrected chi connectivity index (χ2v) is 4.02. The number of aromatic nitrogens is 2. The molecule has 2 aromatic heterocycles. The minimum Gasteiger partial charge on any atom is -0.323 e. The average Bonchev–Trinajstić information content (AvgIpc) is 2.47. The first kappa shape index (κ1) is 9.77. The zero-order chi connectivity index (χ0) is 10.3. The number of nitrogens with two attached hydrogens (primary N) is 1. The van der Waals surface area contributed by atoms with Crippen molar-refractivity contribution in [2.24, 2.45) is 5.73 Å². The zero-order valence-corrected chi connectivity index (χ0v) is 9.05. The summed E-state index contributed by atoms with van der Waals surface area (Å²) in [6, 6.07) is 1.57. The Hall–Kier alpha value is -0.770. The normalized spacial score (nSPS) is 13.4. The van der Waals surface area contributed by atoms with Gasteiger partial charge in [0.15, 0.2) is 5.65 Å². The molecule has 0 saturated carbocycles. The summed E-state index contributed by atoms with van der Waals surface area (Å²) in [5.41, 5.74) is 7.35. The van der Waals surface area contributed by atoms with E-state index in [-0.39, 0.29) is 6.04 Å². The molecule has 0 spiro atoms. The van der Waals surface area contributed by atoms with Gasteiger partial charge in [-0.15, -0.1) is 0 Å². The third-order valence-corrected chi connectivity index (χ3v) is 2.51. The fraction of sp³-hybridized carbons (Fsp3) is 0.222. The lowest BCUT2D eigenvalue weighted by atomic mass is 10.3. The molecule has 0 radical (unpaired) electrons. The first-order valence-electron chi connectivity index (χ1n) is 4.17. The topological polar surface area (TPSA) is 43.3 Å². The summed E-state index contributed by atoms with van der Waals surface area (Å²) < 4.78 is 1.81. The van der Waals surface area contributed by atoms with E-state index in [4.69, 9.17) is 28.9 Å². The summed E-state index contributed by atoms with van der Waals surface area (Å²) in [6.45, 7) is 1.89. The van der Waals surface area contributed by atoms with E-state index in [2.05, 4.69) is 4.98 Å². The predicted molar refractivity (Wildman–Crippen MR) is 57.8 cm³/mol. The molecular weight excluding hydrogens is 221 g/mol. The van der Waals surface area contributed by atoms with Gasteiger partial charge in [-0.05, 0) is 13.0 Å². The third-order valence-electron chi connectivity index (χ3n) is 2.02. The van der Waals surface area contributed by atoms with Crippen molar-refractivity contribution in [1.29, 1.82) is 0 Å². The number of imidazole rings is 1. The highest BCUT2D eigenvalue weighted by molar-refractivity contribution is 6.36. The van der Waals surface area contributed by atoms with Gasteiger partial charge in [0.2, 0.25) is 0 Å². The molecule has 2 rings (SSSR count). The Labute approximate surface area is 91.4 Å². The lowest BCUT2D eigenvalue weighted by molar-refractivity contribution is 0.769. The van der Waals surface area contributed by atoms with Crippen LogP contribution in [0.15, 0.2) is 18.5 Å². The van der Waals surface area contributed by atoms with Gasteiger partial charge >= 0.3 is 0 Å². The molecule has 14 heavy (non-hydrogen) atoms. The van der Waals surface area contributed by atoms with Crippen LogP contribution in [0.4, 0.5) is 0 Å². The Morgan fingerprint density at radius 2 is 2.21 bits per heavy atom. The maximum absolute atomic E-state index is 5.97. The molecule has 0 aliphatic rings. The summed E-state index contributed by atoms with van der Waals surface area (Å²) >= 11 is 11.9. The molecule has 2 heterocycles. The van der Waals surface area contributed by atoms with Crippen molar-refractivity contribution in [2.75, 3.05) is 0 Å². The maximum atomic E-state index is 5.97. The van der Waals surface area contributed by atoms with E-state index in [0.29, 0.717) is 15.7 Å². The molecule has 0 fully saturated rings. The van der Waals surface area contributed by atoms with Crippen molar-refractivity contribution in [1.82, 2.24) is 9.38 Å². The van der Waals surface area contributed by atoms with Crippen molar-refractivity contribution < 1.29 is 0 Å². The highest BCUT2D eigenvalue weighted by Crippen LogP contribution is 2.23. The van der Waals surface area contributed by atoms with Gasteiger partial charge < -0.3 is 5.73 Å². The van der Waals surface area contributed by atoms with Gasteiger partial charge in [0, 0.05) is 12.2 Å². The van der Waals surface area contributed by atoms with Crippen molar-refractivity contribution in [3.8, 4) is 0 Å². The second-order valence-electron chi connectivity index (χ2n) is 3.17. The molecule has 0 aliphatic carbocycles. The van der Waals surface area contributed by atoms with Crippen LogP contribution in [0.2, 0.25) is 10.0 Å². The van der Waals surface area contributed by atoms with Crippen LogP contribution in [0.3, 0.4) is 0 Å². The summed E-state index contributed by atoms with van der Waals surface area (Å²) in [7, 11) is 0. The number of fused-ring (bicyclic) bond motifs is 1. The van der Waals surface area contributed by atoms with Gasteiger partial charge in [0.05, 0.1) is 21.9 Å². The van der Waals surface area contributed by atoms with E-state index in [0.717, 1.165) is 5.69 Å². The van der Waals surface area contributed by atoms with Crippen molar-refractivity contribution in [2.45, 2.75) is 13.0 Å². The quantitative estimate of drug-likeness (QED) is 0.818. The largest absolute Gasteiger partial charge is 0.323 e. The number of hydrogen-bond acceptors (Lipinski definition) is 2. The SMILES string of the molecule is CC(N)c1cnc2c(Cl)cc(Cl)cn12. The average molecular weight is 230 g/mol. The molecule has 5 heteroatoms. The number of nitrogens with zero attached hydrogens (tertiary/aromatic N) is 2. The third kappa shape index (κ3) is 1.47. The Balaban J connectivity index is 2.78. The van der Waals surface area contributed by atoms with E-state index in [1.165, 1.54) is 0 Å². The van der Waals surface area contributed by atoms with Gasteiger partial charge in [-0.2, -0.15) is 0 Å². The summed E-state index contributed by atoms with van der Waals surface area (Å²) in [6.07, 6.45) is 3.47. The fourth-order valence-corrected chi connectivity index (χ4v) is 1.89. The van der Waals surface area contributed by atoms with Crippen LogP contribution < -0.4 is 5.73 Å². The van der Waals surface area contributed by atoms with Gasteiger partial charge in [0.1, 0.15) is 0 Å². The maximum Gasteiger partial charge on any atom is 0.155 e. The molecule has 0 saturated heterocycles. The smallest absolute Gasteiger partial charge is 0.155 e. The van der Waals surface area contributed by atoms with Crippen LogP contribution in [0.25, 0.3) is 5.65 Å². The Bertz CT molecular complexity index is 476. The van der Waals surface area contributed by atoms with Gasteiger partial charge in [0.25, 0.3) is 0 Å². The number of rotatable bonds is 1. The van der Waals surface area contributed by atoms with Crippen LogP contribution in [0, 0.1) is 0 Å².